The number of carboxylic acid groups (broad SMARTS) is 1. The predicted octanol–water partition coefficient (Wildman–Crippen LogP) is 0.713. The van der Waals surface area contributed by atoms with Gasteiger partial charge in [-0.1, -0.05) is 0 Å². The Morgan fingerprint density at radius 3 is 2.54 bits per heavy atom. The Kier molecular flexibility index (Phi) is 3.25. The lowest BCUT2D eigenvalue weighted by Gasteiger charge is -2.02. The summed E-state index contributed by atoms with van der Waals surface area (Å²) in [7, 11) is 0. The van der Waals surface area contributed by atoms with Gasteiger partial charge in [0.2, 0.25) is 0 Å². The summed E-state index contributed by atoms with van der Waals surface area (Å²) in [6.45, 7) is 0.632. The highest BCUT2D eigenvalue weighted by Crippen LogP contribution is 1.93. The van der Waals surface area contributed by atoms with Crippen LogP contribution in [0.25, 0.3) is 0 Å². The van der Waals surface area contributed by atoms with Crippen molar-refractivity contribution in [2.24, 2.45) is 0 Å². The molecule has 0 atom stereocenters. The summed E-state index contributed by atoms with van der Waals surface area (Å²) in [5, 5.41) is 8.38. The van der Waals surface area contributed by atoms with Gasteiger partial charge >= 0.3 is 5.97 Å². The van der Waals surface area contributed by atoms with E-state index >= 15 is 0 Å². The predicted molar refractivity (Wildman–Crippen MR) is 47.6 cm³/mol. The Balaban J connectivity index is 2.41. The van der Waals surface area contributed by atoms with Gasteiger partial charge in [-0.2, -0.15) is 0 Å². The van der Waals surface area contributed by atoms with Crippen LogP contribution in [0, 0.1) is 0 Å². The average Bonchev–Trinajstić information content (AvgIpc) is 2.08. The lowest BCUT2D eigenvalue weighted by molar-refractivity contribution is -0.137. The highest BCUT2D eigenvalue weighted by molar-refractivity contribution is 5.66. The first-order valence-corrected chi connectivity index (χ1v) is 4.06. The second kappa shape index (κ2) is 4.45. The van der Waals surface area contributed by atoms with E-state index in [4.69, 9.17) is 5.11 Å². The van der Waals surface area contributed by atoms with Crippen LogP contribution < -0.4 is 5.43 Å². The maximum absolute atomic E-state index is 10.7. The minimum Gasteiger partial charge on any atom is -0.481 e. The summed E-state index contributed by atoms with van der Waals surface area (Å²) in [6.07, 6.45) is 4.05. The van der Waals surface area contributed by atoms with Crippen molar-refractivity contribution in [3.63, 3.8) is 0 Å². The minimum absolute atomic E-state index is 0.0329. The number of hydrogen-bond acceptors (Lipinski definition) is 2. The third-order valence-corrected chi connectivity index (χ3v) is 1.67. The molecule has 13 heavy (non-hydrogen) atoms. The van der Waals surface area contributed by atoms with Gasteiger partial charge in [-0.3, -0.25) is 9.59 Å². The van der Waals surface area contributed by atoms with Crippen molar-refractivity contribution in [1.82, 2.24) is 4.57 Å². The Morgan fingerprint density at radius 2 is 2.00 bits per heavy atom. The van der Waals surface area contributed by atoms with Gasteiger partial charge in [-0.05, 0) is 6.42 Å². The van der Waals surface area contributed by atoms with Crippen LogP contribution in [0.1, 0.15) is 12.8 Å². The Bertz CT molecular complexity index is 322. The number of nitrogens with zero attached hydrogens (tertiary/aromatic N) is 1. The van der Waals surface area contributed by atoms with Crippen molar-refractivity contribution >= 4 is 5.97 Å². The second-order valence-electron chi connectivity index (χ2n) is 2.77. The van der Waals surface area contributed by atoms with Gasteiger partial charge in [0.15, 0.2) is 5.43 Å². The fourth-order valence-corrected chi connectivity index (χ4v) is 1.01. The minimum atomic E-state index is -0.791. The van der Waals surface area contributed by atoms with Gasteiger partial charge in [-0.25, -0.2) is 0 Å². The lowest BCUT2D eigenvalue weighted by Crippen LogP contribution is -2.05. The van der Waals surface area contributed by atoms with E-state index in [0.29, 0.717) is 13.0 Å². The number of rotatable bonds is 4. The lowest BCUT2D eigenvalue weighted by atomic mass is 10.3. The van der Waals surface area contributed by atoms with Gasteiger partial charge in [0.1, 0.15) is 0 Å². The first-order chi connectivity index (χ1) is 6.18. The maximum Gasteiger partial charge on any atom is 0.303 e. The van der Waals surface area contributed by atoms with Crippen molar-refractivity contribution in [2.75, 3.05) is 0 Å². The SMILES string of the molecule is O=C(O)CCCn1ccc(=O)cc1. The zero-order chi connectivity index (χ0) is 9.68. The highest BCUT2D eigenvalue weighted by Gasteiger charge is 1.95. The molecular weight excluding hydrogens is 170 g/mol. The molecule has 1 aromatic heterocycles. The van der Waals surface area contributed by atoms with E-state index in [-0.39, 0.29) is 11.8 Å². The maximum atomic E-state index is 10.7. The van der Waals surface area contributed by atoms with Crippen LogP contribution in [-0.2, 0) is 11.3 Å². The van der Waals surface area contributed by atoms with Crippen molar-refractivity contribution in [3.05, 3.63) is 34.7 Å². The molecule has 1 rings (SSSR count). The topological polar surface area (TPSA) is 59.3 Å². The second-order valence-corrected chi connectivity index (χ2v) is 2.77. The third kappa shape index (κ3) is 3.55. The van der Waals surface area contributed by atoms with E-state index in [1.165, 1.54) is 12.1 Å². The molecule has 0 saturated heterocycles. The molecule has 1 heterocycles. The number of carboxylic acids is 1. The zero-order valence-electron chi connectivity index (χ0n) is 7.14. The van der Waals surface area contributed by atoms with E-state index in [0.717, 1.165) is 0 Å². The summed E-state index contributed by atoms with van der Waals surface area (Å²) < 4.78 is 1.80. The van der Waals surface area contributed by atoms with Crippen LogP contribution in [0.15, 0.2) is 29.3 Å². The average molecular weight is 181 g/mol. The Morgan fingerprint density at radius 1 is 1.38 bits per heavy atom. The molecule has 0 unspecified atom stereocenters. The van der Waals surface area contributed by atoms with E-state index in [1.807, 2.05) is 0 Å². The molecule has 1 aromatic rings. The molecule has 0 radical (unpaired) electrons. The molecular formula is C9H11NO3. The van der Waals surface area contributed by atoms with Crippen molar-refractivity contribution in [3.8, 4) is 0 Å². The van der Waals surface area contributed by atoms with E-state index in [1.54, 1.807) is 17.0 Å². The van der Waals surface area contributed by atoms with Crippen molar-refractivity contribution in [1.29, 1.82) is 0 Å². The highest BCUT2D eigenvalue weighted by atomic mass is 16.4. The van der Waals surface area contributed by atoms with Crippen LogP contribution in [0.5, 0.6) is 0 Å². The molecule has 1 N–H and O–H groups in total. The third-order valence-electron chi connectivity index (χ3n) is 1.67. The summed E-state index contributed by atoms with van der Waals surface area (Å²) >= 11 is 0. The summed E-state index contributed by atoms with van der Waals surface area (Å²) in [5.41, 5.74) is -0.0329. The number of aromatic nitrogens is 1. The van der Waals surface area contributed by atoms with Gasteiger partial charge in [0.05, 0.1) is 0 Å². The normalized spacial score (nSPS) is 9.85. The summed E-state index contributed by atoms with van der Waals surface area (Å²) in [5.74, 6) is -0.791. The molecule has 0 aliphatic rings. The van der Waals surface area contributed by atoms with E-state index < -0.39 is 5.97 Å². The Labute approximate surface area is 75.4 Å². The van der Waals surface area contributed by atoms with Crippen LogP contribution >= 0.6 is 0 Å². The number of hydrogen-bond donors (Lipinski definition) is 1. The zero-order valence-corrected chi connectivity index (χ0v) is 7.14. The van der Waals surface area contributed by atoms with Gasteiger partial charge < -0.3 is 9.67 Å². The van der Waals surface area contributed by atoms with Gasteiger partial charge in [-0.15, -0.1) is 0 Å². The smallest absolute Gasteiger partial charge is 0.303 e. The first-order valence-electron chi connectivity index (χ1n) is 4.06. The molecule has 0 aromatic carbocycles. The molecule has 0 aliphatic carbocycles. The molecule has 4 heteroatoms. The quantitative estimate of drug-likeness (QED) is 0.744. The first kappa shape index (κ1) is 9.51. The molecule has 0 amide bonds. The molecule has 0 aliphatic heterocycles. The van der Waals surface area contributed by atoms with Crippen LogP contribution in [0.3, 0.4) is 0 Å². The van der Waals surface area contributed by atoms with Gasteiger partial charge in [0.25, 0.3) is 0 Å². The number of pyridine rings is 1. The van der Waals surface area contributed by atoms with E-state index in [2.05, 4.69) is 0 Å². The molecule has 0 fully saturated rings. The monoisotopic (exact) mass is 181 g/mol. The molecule has 70 valence electrons. The molecule has 0 saturated carbocycles. The molecule has 0 spiro atoms. The molecule has 0 bridgehead atoms. The number of aryl methyl sites for hydroxylation is 1. The summed E-state index contributed by atoms with van der Waals surface area (Å²) in [4.78, 5) is 20.9. The van der Waals surface area contributed by atoms with Crippen LogP contribution in [-0.4, -0.2) is 15.6 Å². The number of carbonyl (C=O) groups is 1. The van der Waals surface area contributed by atoms with Gasteiger partial charge in [0, 0.05) is 37.5 Å². The largest absolute Gasteiger partial charge is 0.481 e. The fraction of sp³-hybridized carbons (Fsp3) is 0.333. The van der Waals surface area contributed by atoms with Crippen LogP contribution in [0.2, 0.25) is 0 Å². The van der Waals surface area contributed by atoms with Crippen LogP contribution in [0.4, 0.5) is 0 Å². The van der Waals surface area contributed by atoms with E-state index in [9.17, 15) is 9.59 Å². The fourth-order valence-electron chi connectivity index (χ4n) is 1.01. The van der Waals surface area contributed by atoms with Crippen molar-refractivity contribution < 1.29 is 9.90 Å². The summed E-state index contributed by atoms with van der Waals surface area (Å²) in [6, 6.07) is 2.92. The molecule has 4 nitrogen and oxygen atoms in total. The number of aliphatic carboxylic acids is 1. The standard InChI is InChI=1S/C9H11NO3/c11-8-3-6-10(7-4-8)5-1-2-9(12)13/h3-4,6-7H,1-2,5H2,(H,12,13). The van der Waals surface area contributed by atoms with Crippen molar-refractivity contribution in [2.45, 2.75) is 19.4 Å². The Hall–Kier alpha value is -1.58.